The van der Waals surface area contributed by atoms with Crippen molar-refractivity contribution in [2.75, 3.05) is 0 Å². The topological polar surface area (TPSA) is 153 Å². The van der Waals surface area contributed by atoms with Crippen molar-refractivity contribution in [3.05, 3.63) is 53.6 Å². The van der Waals surface area contributed by atoms with Crippen LogP contribution in [-0.2, 0) is 20.8 Å². The summed E-state index contributed by atoms with van der Waals surface area (Å²) in [4.78, 5) is 0. The fourth-order valence-corrected chi connectivity index (χ4v) is 2.46. The minimum atomic E-state index is -5.11. The quantitative estimate of drug-likeness (QED) is 0.205. The Bertz CT molecular complexity index is 949. The summed E-state index contributed by atoms with van der Waals surface area (Å²) in [6, 6.07) is 9.03. The van der Waals surface area contributed by atoms with Crippen LogP contribution in [0.25, 0.3) is 12.2 Å². The van der Waals surface area contributed by atoms with Crippen LogP contribution in [0.2, 0.25) is 0 Å². The van der Waals surface area contributed by atoms with Gasteiger partial charge in [0.15, 0.2) is 0 Å². The molecule has 9 nitrogen and oxygen atoms in total. The molecular formula is C14H10Na2O9S2. The van der Waals surface area contributed by atoms with E-state index in [0.717, 1.165) is 18.2 Å². The maximum Gasteiger partial charge on any atom is 1.00 e. The summed E-state index contributed by atoms with van der Waals surface area (Å²) in [5.74, 6) is -0.993. The molecule has 0 amide bonds. The average Bonchev–Trinajstić information content (AvgIpc) is 2.42. The van der Waals surface area contributed by atoms with Gasteiger partial charge < -0.3 is 22.6 Å². The first-order valence-electron chi connectivity index (χ1n) is 6.43. The molecule has 0 radical (unpaired) electrons. The van der Waals surface area contributed by atoms with E-state index < -0.39 is 32.3 Å². The van der Waals surface area contributed by atoms with Crippen molar-refractivity contribution < 1.29 is 98.5 Å². The van der Waals surface area contributed by atoms with E-state index in [1.54, 1.807) is 18.2 Å². The number of aromatic hydroxyl groups is 1. The SMILES string of the molecule is O=S(=O)([O-])Oc1cc(/C=C/c2ccc(O)cc2)cc(OS(=O)(=O)[O-])c1.[Na+].[Na+]. The zero-order chi connectivity index (χ0) is 18.7. The molecule has 134 valence electrons. The molecule has 0 atom stereocenters. The Morgan fingerprint density at radius 2 is 1.15 bits per heavy atom. The zero-order valence-electron chi connectivity index (χ0n) is 14.2. The molecule has 0 aliphatic carbocycles. The molecule has 0 fully saturated rings. The van der Waals surface area contributed by atoms with E-state index in [1.165, 1.54) is 18.2 Å². The fraction of sp³-hybridized carbons (Fsp3) is 0. The summed E-state index contributed by atoms with van der Waals surface area (Å²) in [7, 11) is -10.2. The van der Waals surface area contributed by atoms with Gasteiger partial charge in [-0.15, -0.1) is 0 Å². The van der Waals surface area contributed by atoms with Gasteiger partial charge in [0.1, 0.15) is 17.2 Å². The summed E-state index contributed by atoms with van der Waals surface area (Å²) in [6.07, 6.45) is 2.96. The van der Waals surface area contributed by atoms with Gasteiger partial charge in [0.05, 0.1) is 0 Å². The maximum absolute atomic E-state index is 10.7. The normalized spacial score (nSPS) is 11.3. The first kappa shape index (κ1) is 26.4. The molecule has 0 aliphatic heterocycles. The number of hydrogen-bond donors (Lipinski definition) is 1. The van der Waals surface area contributed by atoms with Crippen molar-refractivity contribution in [1.82, 2.24) is 0 Å². The van der Waals surface area contributed by atoms with Crippen LogP contribution in [-0.4, -0.2) is 31.0 Å². The second-order valence-electron chi connectivity index (χ2n) is 4.65. The summed E-state index contributed by atoms with van der Waals surface area (Å²) in [6.45, 7) is 0. The standard InChI is InChI=1S/C14H12O9S2.2Na/c15-12-5-3-10(4-6-12)1-2-11-7-13(22-24(16,17)18)9-14(8-11)23-25(19,20)21;;/h1-9,15H,(H,16,17,18)(H,19,20,21);;/q;2*+1/p-2/b2-1+;;. The summed E-state index contributed by atoms with van der Waals surface area (Å²) < 4.78 is 72.4. The Morgan fingerprint density at radius 1 is 0.741 bits per heavy atom. The first-order chi connectivity index (χ1) is 11.5. The second-order valence-corrected chi connectivity index (χ2v) is 6.61. The second kappa shape index (κ2) is 10.8. The smallest absolute Gasteiger partial charge is 0.716 e. The zero-order valence-corrected chi connectivity index (χ0v) is 19.9. The van der Waals surface area contributed by atoms with Crippen molar-refractivity contribution >= 4 is 33.0 Å². The fourth-order valence-electron chi connectivity index (χ4n) is 1.80. The predicted molar refractivity (Wildman–Crippen MR) is 84.1 cm³/mol. The number of phenols is 1. The van der Waals surface area contributed by atoms with Crippen LogP contribution in [0.3, 0.4) is 0 Å². The van der Waals surface area contributed by atoms with Crippen LogP contribution < -0.4 is 67.5 Å². The molecule has 0 saturated carbocycles. The van der Waals surface area contributed by atoms with Crippen molar-refractivity contribution in [3.8, 4) is 17.2 Å². The molecule has 0 aliphatic rings. The summed E-state index contributed by atoms with van der Waals surface area (Å²) >= 11 is 0. The van der Waals surface area contributed by atoms with E-state index in [9.17, 15) is 31.0 Å². The molecule has 0 unspecified atom stereocenters. The van der Waals surface area contributed by atoms with E-state index in [-0.39, 0.29) is 70.4 Å². The summed E-state index contributed by atoms with van der Waals surface area (Å²) in [5, 5.41) is 9.20. The van der Waals surface area contributed by atoms with Crippen molar-refractivity contribution in [3.63, 3.8) is 0 Å². The molecule has 0 bridgehead atoms. The number of rotatable bonds is 6. The van der Waals surface area contributed by atoms with Gasteiger partial charge in [0, 0.05) is 6.07 Å². The predicted octanol–water partition coefficient (Wildman–Crippen LogP) is -4.75. The van der Waals surface area contributed by atoms with Crippen molar-refractivity contribution in [2.45, 2.75) is 0 Å². The Kier molecular flexibility index (Phi) is 10.6. The van der Waals surface area contributed by atoms with Gasteiger partial charge in [-0.05, 0) is 35.4 Å². The van der Waals surface area contributed by atoms with E-state index >= 15 is 0 Å². The molecule has 0 heterocycles. The Morgan fingerprint density at radius 3 is 1.56 bits per heavy atom. The largest absolute Gasteiger partial charge is 1.00 e. The molecule has 2 aromatic rings. The third-order valence-corrected chi connectivity index (χ3v) is 3.45. The first-order valence-corrected chi connectivity index (χ1v) is 9.10. The van der Waals surface area contributed by atoms with Gasteiger partial charge in [-0.2, -0.15) is 0 Å². The monoisotopic (exact) mass is 432 g/mol. The summed E-state index contributed by atoms with van der Waals surface area (Å²) in [5.41, 5.74) is 0.840. The third-order valence-electron chi connectivity index (χ3n) is 2.66. The molecular weight excluding hydrogens is 422 g/mol. The van der Waals surface area contributed by atoms with Crippen LogP contribution in [0.4, 0.5) is 0 Å². The molecule has 27 heavy (non-hydrogen) atoms. The van der Waals surface area contributed by atoms with Gasteiger partial charge in [-0.25, -0.2) is 16.8 Å². The minimum absolute atomic E-state index is 0. The van der Waals surface area contributed by atoms with Crippen molar-refractivity contribution in [1.29, 1.82) is 0 Å². The van der Waals surface area contributed by atoms with Gasteiger partial charge in [0.2, 0.25) is 0 Å². The molecule has 2 aromatic carbocycles. The van der Waals surface area contributed by atoms with Crippen LogP contribution in [0.15, 0.2) is 42.5 Å². The Labute approximate surface area is 200 Å². The third kappa shape index (κ3) is 10.5. The number of phenolic OH excluding ortho intramolecular Hbond substituents is 1. The van der Waals surface area contributed by atoms with Crippen molar-refractivity contribution in [2.24, 2.45) is 0 Å². The van der Waals surface area contributed by atoms with Gasteiger partial charge in [-0.3, -0.25) is 0 Å². The van der Waals surface area contributed by atoms with E-state index in [0.29, 0.717) is 5.56 Å². The van der Waals surface area contributed by atoms with Gasteiger partial charge >= 0.3 is 59.1 Å². The van der Waals surface area contributed by atoms with Gasteiger partial charge in [-0.1, -0.05) is 24.3 Å². The molecule has 0 aromatic heterocycles. The molecule has 1 N–H and O–H groups in total. The van der Waals surface area contributed by atoms with Crippen LogP contribution in [0.1, 0.15) is 11.1 Å². The van der Waals surface area contributed by atoms with E-state index in [4.69, 9.17) is 0 Å². The molecule has 0 saturated heterocycles. The van der Waals surface area contributed by atoms with E-state index in [1.807, 2.05) is 0 Å². The van der Waals surface area contributed by atoms with E-state index in [2.05, 4.69) is 8.37 Å². The molecule has 0 spiro atoms. The number of benzene rings is 2. The van der Waals surface area contributed by atoms with Crippen LogP contribution in [0.5, 0.6) is 17.2 Å². The van der Waals surface area contributed by atoms with Crippen LogP contribution >= 0.6 is 0 Å². The molecule has 2 rings (SSSR count). The minimum Gasteiger partial charge on any atom is -0.716 e. The molecule has 13 heteroatoms. The van der Waals surface area contributed by atoms with Crippen LogP contribution in [0, 0.1) is 0 Å². The maximum atomic E-state index is 10.7. The average molecular weight is 432 g/mol. The Hall–Kier alpha value is -0.600. The Balaban J connectivity index is 0.00000338. The van der Waals surface area contributed by atoms with Gasteiger partial charge in [0.25, 0.3) is 20.8 Å². The number of hydrogen-bond acceptors (Lipinski definition) is 9.